The third kappa shape index (κ3) is 2.71. The van der Waals surface area contributed by atoms with Crippen LogP contribution in [0.3, 0.4) is 0 Å². The molecule has 1 aliphatic heterocycles. The van der Waals surface area contributed by atoms with Crippen LogP contribution in [0.15, 0.2) is 0 Å². The molecule has 0 amide bonds. The summed E-state index contributed by atoms with van der Waals surface area (Å²) in [6, 6.07) is 0.708. The molecule has 106 valence electrons. The fourth-order valence-electron chi connectivity index (χ4n) is 2.89. The first kappa shape index (κ1) is 13.5. The van der Waals surface area contributed by atoms with Gasteiger partial charge in [-0.1, -0.05) is 6.92 Å². The Morgan fingerprint density at radius 2 is 2.21 bits per heavy atom. The van der Waals surface area contributed by atoms with Gasteiger partial charge in [0.1, 0.15) is 5.01 Å². The molecular formula is C15H24N2OS. The number of nitrogens with one attached hydrogen (secondary N) is 1. The fraction of sp³-hybridized carbons (Fsp3) is 0.800. The summed E-state index contributed by atoms with van der Waals surface area (Å²) in [4.78, 5) is 6.21. The van der Waals surface area contributed by atoms with Crippen molar-refractivity contribution in [2.45, 2.75) is 70.6 Å². The van der Waals surface area contributed by atoms with Gasteiger partial charge in [-0.3, -0.25) is 0 Å². The van der Waals surface area contributed by atoms with Crippen LogP contribution in [0.4, 0.5) is 0 Å². The molecular weight excluding hydrogens is 256 g/mol. The van der Waals surface area contributed by atoms with Crippen LogP contribution in [0.1, 0.15) is 54.6 Å². The van der Waals surface area contributed by atoms with E-state index in [4.69, 9.17) is 9.72 Å². The standard InChI is InChI=1S/C15H24N2OS/c1-4-13-9-15(7-8-18-13,17-12-5-6-12)14-16-10(2)11(3)19-14/h12-13,17H,4-9H2,1-3H3. The van der Waals surface area contributed by atoms with Crippen molar-refractivity contribution in [2.75, 3.05) is 6.61 Å². The van der Waals surface area contributed by atoms with E-state index in [9.17, 15) is 0 Å². The topological polar surface area (TPSA) is 34.2 Å². The van der Waals surface area contributed by atoms with Gasteiger partial charge in [-0.25, -0.2) is 4.98 Å². The average molecular weight is 280 g/mol. The number of rotatable bonds is 4. The zero-order chi connectivity index (χ0) is 13.5. The lowest BCUT2D eigenvalue weighted by molar-refractivity contribution is -0.0330. The van der Waals surface area contributed by atoms with E-state index in [0.29, 0.717) is 12.1 Å². The number of ether oxygens (including phenoxy) is 1. The predicted molar refractivity (Wildman–Crippen MR) is 78.7 cm³/mol. The van der Waals surface area contributed by atoms with Crippen molar-refractivity contribution in [3.63, 3.8) is 0 Å². The van der Waals surface area contributed by atoms with Gasteiger partial charge >= 0.3 is 0 Å². The molecule has 1 saturated heterocycles. The smallest absolute Gasteiger partial charge is 0.113 e. The molecule has 3 nitrogen and oxygen atoms in total. The lowest BCUT2D eigenvalue weighted by atomic mass is 9.86. The summed E-state index contributed by atoms with van der Waals surface area (Å²) >= 11 is 1.87. The van der Waals surface area contributed by atoms with Crippen LogP contribution in [0.25, 0.3) is 0 Å². The van der Waals surface area contributed by atoms with Crippen molar-refractivity contribution in [1.29, 1.82) is 0 Å². The number of thiazole rings is 1. The monoisotopic (exact) mass is 280 g/mol. The second-order valence-electron chi connectivity index (χ2n) is 6.02. The Morgan fingerprint density at radius 3 is 2.79 bits per heavy atom. The Hall–Kier alpha value is -0.450. The van der Waals surface area contributed by atoms with Crippen molar-refractivity contribution in [3.8, 4) is 0 Å². The zero-order valence-electron chi connectivity index (χ0n) is 12.2. The molecule has 19 heavy (non-hydrogen) atoms. The molecule has 1 aromatic heterocycles. The first-order chi connectivity index (χ1) is 9.13. The Balaban J connectivity index is 1.90. The minimum atomic E-state index is 0.0732. The van der Waals surface area contributed by atoms with E-state index >= 15 is 0 Å². The van der Waals surface area contributed by atoms with Crippen molar-refractivity contribution in [1.82, 2.24) is 10.3 Å². The van der Waals surface area contributed by atoms with Crippen molar-refractivity contribution in [3.05, 3.63) is 15.6 Å². The maximum atomic E-state index is 5.88. The van der Waals surface area contributed by atoms with E-state index in [1.165, 1.54) is 28.4 Å². The van der Waals surface area contributed by atoms with E-state index in [1.807, 2.05) is 11.3 Å². The van der Waals surface area contributed by atoms with Gasteiger partial charge in [0.15, 0.2) is 0 Å². The van der Waals surface area contributed by atoms with Crippen molar-refractivity contribution in [2.24, 2.45) is 0 Å². The summed E-state index contributed by atoms with van der Waals surface area (Å²) in [5, 5.41) is 5.18. The van der Waals surface area contributed by atoms with Gasteiger partial charge in [-0.2, -0.15) is 0 Å². The summed E-state index contributed by atoms with van der Waals surface area (Å²) in [6.45, 7) is 7.38. The normalized spacial score (nSPS) is 31.6. The highest BCUT2D eigenvalue weighted by Crippen LogP contribution is 2.41. The third-order valence-corrected chi connectivity index (χ3v) is 5.69. The molecule has 1 aromatic rings. The first-order valence-electron chi connectivity index (χ1n) is 7.47. The van der Waals surface area contributed by atoms with Gasteiger partial charge in [0.05, 0.1) is 17.3 Å². The molecule has 0 aromatic carbocycles. The zero-order valence-corrected chi connectivity index (χ0v) is 13.0. The molecule has 1 N–H and O–H groups in total. The highest BCUT2D eigenvalue weighted by molar-refractivity contribution is 7.11. The quantitative estimate of drug-likeness (QED) is 0.919. The maximum Gasteiger partial charge on any atom is 0.113 e. The molecule has 2 fully saturated rings. The molecule has 2 heterocycles. The number of aryl methyl sites for hydroxylation is 2. The maximum absolute atomic E-state index is 5.88. The predicted octanol–water partition coefficient (Wildman–Crippen LogP) is 3.30. The fourth-order valence-corrected chi connectivity index (χ4v) is 4.00. The van der Waals surface area contributed by atoms with Crippen LogP contribution in [-0.4, -0.2) is 23.7 Å². The lowest BCUT2D eigenvalue weighted by Gasteiger charge is -2.40. The van der Waals surface area contributed by atoms with E-state index in [1.54, 1.807) is 0 Å². The van der Waals surface area contributed by atoms with E-state index in [2.05, 4.69) is 26.1 Å². The molecule has 4 heteroatoms. The summed E-state index contributed by atoms with van der Waals surface area (Å²) in [5.41, 5.74) is 1.26. The SMILES string of the molecule is CCC1CC(NC2CC2)(c2nc(C)c(C)s2)CCO1. The highest BCUT2D eigenvalue weighted by atomic mass is 32.1. The molecule has 1 saturated carbocycles. The summed E-state index contributed by atoms with van der Waals surface area (Å²) in [6.07, 6.45) is 6.26. The molecule has 2 atom stereocenters. The van der Waals surface area contributed by atoms with Crippen molar-refractivity contribution >= 4 is 11.3 Å². The highest BCUT2D eigenvalue weighted by Gasteiger charge is 2.43. The van der Waals surface area contributed by atoms with Gasteiger partial charge < -0.3 is 10.1 Å². The number of hydrogen-bond acceptors (Lipinski definition) is 4. The first-order valence-corrected chi connectivity index (χ1v) is 8.28. The molecule has 0 spiro atoms. The van der Waals surface area contributed by atoms with Gasteiger partial charge in [0, 0.05) is 17.5 Å². The summed E-state index contributed by atoms with van der Waals surface area (Å²) in [5.74, 6) is 0. The third-order valence-electron chi connectivity index (χ3n) is 4.41. The molecule has 1 aliphatic carbocycles. The number of nitrogens with zero attached hydrogens (tertiary/aromatic N) is 1. The van der Waals surface area contributed by atoms with Crippen LogP contribution in [0.2, 0.25) is 0 Å². The van der Waals surface area contributed by atoms with E-state index in [0.717, 1.165) is 25.9 Å². The van der Waals surface area contributed by atoms with Crippen LogP contribution in [0, 0.1) is 13.8 Å². The van der Waals surface area contributed by atoms with Gasteiger partial charge in [0.25, 0.3) is 0 Å². The number of aromatic nitrogens is 1. The Kier molecular flexibility index (Phi) is 3.67. The molecule has 2 aliphatic rings. The van der Waals surface area contributed by atoms with Crippen molar-refractivity contribution < 1.29 is 4.74 Å². The van der Waals surface area contributed by atoms with Gasteiger partial charge in [-0.15, -0.1) is 11.3 Å². The largest absolute Gasteiger partial charge is 0.378 e. The average Bonchev–Trinajstić information content (AvgIpc) is 3.15. The van der Waals surface area contributed by atoms with Crippen LogP contribution in [-0.2, 0) is 10.3 Å². The minimum absolute atomic E-state index is 0.0732. The summed E-state index contributed by atoms with van der Waals surface area (Å²) in [7, 11) is 0. The molecule has 3 rings (SSSR count). The summed E-state index contributed by atoms with van der Waals surface area (Å²) < 4.78 is 5.88. The Labute approximate surface area is 119 Å². The van der Waals surface area contributed by atoms with Crippen LogP contribution >= 0.6 is 11.3 Å². The van der Waals surface area contributed by atoms with Gasteiger partial charge in [0.2, 0.25) is 0 Å². The molecule has 0 radical (unpaired) electrons. The Morgan fingerprint density at radius 1 is 1.42 bits per heavy atom. The van der Waals surface area contributed by atoms with Crippen LogP contribution < -0.4 is 5.32 Å². The number of hydrogen-bond donors (Lipinski definition) is 1. The minimum Gasteiger partial charge on any atom is -0.378 e. The van der Waals surface area contributed by atoms with Gasteiger partial charge in [-0.05, 0) is 46.0 Å². The second-order valence-corrected chi connectivity index (χ2v) is 7.22. The lowest BCUT2D eigenvalue weighted by Crippen LogP contribution is -2.50. The van der Waals surface area contributed by atoms with Crippen LogP contribution in [0.5, 0.6) is 0 Å². The molecule has 0 bridgehead atoms. The van der Waals surface area contributed by atoms with E-state index < -0.39 is 0 Å². The second kappa shape index (κ2) is 5.15. The molecule has 2 unspecified atom stereocenters. The van der Waals surface area contributed by atoms with E-state index in [-0.39, 0.29) is 5.54 Å². The Bertz CT molecular complexity index is 435.